The van der Waals surface area contributed by atoms with Crippen LogP contribution < -0.4 is 11.2 Å². The van der Waals surface area contributed by atoms with E-state index in [1.807, 2.05) is 6.92 Å². The maximum Gasteiger partial charge on any atom is 0.329 e. The molecule has 0 spiro atoms. The van der Waals surface area contributed by atoms with Crippen LogP contribution in [0.2, 0.25) is 0 Å². The van der Waals surface area contributed by atoms with Crippen LogP contribution in [0.5, 0.6) is 0 Å². The van der Waals surface area contributed by atoms with Gasteiger partial charge in [0.05, 0.1) is 0 Å². The fraction of sp³-hybridized carbons (Fsp3) is 0.375. The predicted octanol–water partition coefficient (Wildman–Crippen LogP) is -0.223. The van der Waals surface area contributed by atoms with Crippen LogP contribution in [0.3, 0.4) is 0 Å². The van der Waals surface area contributed by atoms with Crippen molar-refractivity contribution in [2.24, 2.45) is 7.05 Å². The van der Waals surface area contributed by atoms with E-state index in [2.05, 4.69) is 10.1 Å². The molecule has 2 heterocycles. The lowest BCUT2D eigenvalue weighted by atomic mass is 10.2. The molecule has 1 N–H and O–H groups in total. The molecule has 0 aliphatic rings. The van der Waals surface area contributed by atoms with Crippen LogP contribution in [0.1, 0.15) is 12.7 Å². The summed E-state index contributed by atoms with van der Waals surface area (Å²) in [5, 5.41) is 3.96. The lowest BCUT2D eigenvalue weighted by Gasteiger charge is -1.94. The normalized spacial score (nSPS) is 11.0. The summed E-state index contributed by atoms with van der Waals surface area (Å²) in [4.78, 5) is 25.3. The van der Waals surface area contributed by atoms with Crippen molar-refractivity contribution in [2.45, 2.75) is 13.3 Å². The topological polar surface area (TPSA) is 80.9 Å². The van der Waals surface area contributed by atoms with Gasteiger partial charge in [-0.05, 0) is 0 Å². The van der Waals surface area contributed by atoms with Crippen LogP contribution in [0.4, 0.5) is 0 Å². The Bertz CT molecular complexity index is 590. The van der Waals surface area contributed by atoms with Gasteiger partial charge in [-0.25, -0.2) is 4.79 Å². The third-order valence-corrected chi connectivity index (χ3v) is 2.13. The van der Waals surface area contributed by atoms with E-state index in [1.54, 1.807) is 0 Å². The van der Waals surface area contributed by atoms with Crippen molar-refractivity contribution in [2.75, 3.05) is 0 Å². The van der Waals surface area contributed by atoms with Crippen LogP contribution >= 0.6 is 0 Å². The highest BCUT2D eigenvalue weighted by atomic mass is 16.5. The van der Waals surface area contributed by atoms with Gasteiger partial charge in [0.1, 0.15) is 5.39 Å². The van der Waals surface area contributed by atoms with Crippen molar-refractivity contribution in [1.82, 2.24) is 14.7 Å². The number of nitrogens with zero attached hydrogens (tertiary/aromatic N) is 2. The lowest BCUT2D eigenvalue weighted by Crippen LogP contribution is -2.32. The van der Waals surface area contributed by atoms with E-state index < -0.39 is 5.69 Å². The zero-order chi connectivity index (χ0) is 10.3. The number of hydrogen-bond acceptors (Lipinski definition) is 4. The van der Waals surface area contributed by atoms with Gasteiger partial charge in [0.2, 0.25) is 0 Å². The molecule has 0 fully saturated rings. The molecule has 6 heteroatoms. The van der Waals surface area contributed by atoms with Crippen molar-refractivity contribution in [3.63, 3.8) is 0 Å². The smallest absolute Gasteiger partial charge is 0.329 e. The molecule has 2 aromatic heterocycles. The summed E-state index contributed by atoms with van der Waals surface area (Å²) in [5.74, 6) is 0.497. The third-order valence-electron chi connectivity index (χ3n) is 2.13. The molecule has 6 nitrogen and oxygen atoms in total. The van der Waals surface area contributed by atoms with Crippen LogP contribution in [-0.2, 0) is 13.5 Å². The van der Waals surface area contributed by atoms with E-state index in [0.29, 0.717) is 17.6 Å². The summed E-state index contributed by atoms with van der Waals surface area (Å²) >= 11 is 0. The van der Waals surface area contributed by atoms with E-state index in [9.17, 15) is 9.59 Å². The standard InChI is InChI=1S/C8H9N3O3/c1-3-4-5-6(10-14-4)9-8(13)11(2)7(5)12/h3H2,1-2H3,(H,9,10,13). The van der Waals surface area contributed by atoms with E-state index in [4.69, 9.17) is 4.52 Å². The summed E-state index contributed by atoms with van der Waals surface area (Å²) in [6.45, 7) is 1.85. The zero-order valence-corrected chi connectivity index (χ0v) is 7.83. The van der Waals surface area contributed by atoms with Crippen molar-refractivity contribution in [3.05, 3.63) is 26.6 Å². The number of nitrogens with one attached hydrogen (secondary N) is 1. The average Bonchev–Trinajstić information content (AvgIpc) is 2.57. The van der Waals surface area contributed by atoms with Crippen molar-refractivity contribution < 1.29 is 4.52 Å². The highest BCUT2D eigenvalue weighted by Gasteiger charge is 2.13. The van der Waals surface area contributed by atoms with E-state index in [0.717, 1.165) is 4.57 Å². The molecule has 2 rings (SSSR count). The van der Waals surface area contributed by atoms with Gasteiger partial charge < -0.3 is 4.52 Å². The van der Waals surface area contributed by atoms with Crippen LogP contribution in [0.15, 0.2) is 14.1 Å². The number of H-pyrrole nitrogens is 1. The maximum atomic E-state index is 11.6. The Morgan fingerprint density at radius 1 is 1.50 bits per heavy atom. The molecule has 0 aliphatic heterocycles. The van der Waals surface area contributed by atoms with Crippen LogP contribution in [-0.4, -0.2) is 14.7 Å². The molecule has 0 atom stereocenters. The first kappa shape index (κ1) is 8.74. The minimum absolute atomic E-state index is 0.218. The number of fused-ring (bicyclic) bond motifs is 1. The minimum atomic E-state index is -0.488. The number of aromatic nitrogens is 3. The molecule has 0 saturated heterocycles. The van der Waals surface area contributed by atoms with Crippen molar-refractivity contribution >= 4 is 11.0 Å². The first-order valence-corrected chi connectivity index (χ1v) is 4.22. The molecule has 0 unspecified atom stereocenters. The van der Waals surface area contributed by atoms with Crippen LogP contribution in [0.25, 0.3) is 11.0 Å². The van der Waals surface area contributed by atoms with Gasteiger partial charge in [-0.1, -0.05) is 12.1 Å². The van der Waals surface area contributed by atoms with E-state index in [1.165, 1.54) is 7.05 Å². The fourth-order valence-corrected chi connectivity index (χ4v) is 1.32. The first-order chi connectivity index (χ1) is 6.65. The molecule has 14 heavy (non-hydrogen) atoms. The van der Waals surface area contributed by atoms with E-state index in [-0.39, 0.29) is 11.2 Å². The highest BCUT2D eigenvalue weighted by molar-refractivity contribution is 5.75. The van der Waals surface area contributed by atoms with Gasteiger partial charge in [-0.15, -0.1) is 0 Å². The molecule has 0 saturated carbocycles. The first-order valence-electron chi connectivity index (χ1n) is 4.22. The van der Waals surface area contributed by atoms with Crippen molar-refractivity contribution in [1.29, 1.82) is 0 Å². The number of rotatable bonds is 1. The Kier molecular flexibility index (Phi) is 1.77. The Balaban J connectivity index is 3.03. The molecule has 0 amide bonds. The molecular weight excluding hydrogens is 186 g/mol. The Labute approximate surface area is 78.1 Å². The van der Waals surface area contributed by atoms with E-state index >= 15 is 0 Å². The number of aryl methyl sites for hydroxylation is 1. The molecule has 0 aromatic carbocycles. The summed E-state index contributed by atoms with van der Waals surface area (Å²) in [7, 11) is 1.41. The maximum absolute atomic E-state index is 11.6. The van der Waals surface area contributed by atoms with Crippen molar-refractivity contribution in [3.8, 4) is 0 Å². The predicted molar refractivity (Wildman–Crippen MR) is 49.2 cm³/mol. The van der Waals surface area contributed by atoms with Gasteiger partial charge in [-0.2, -0.15) is 0 Å². The minimum Gasteiger partial charge on any atom is -0.358 e. The summed E-state index contributed by atoms with van der Waals surface area (Å²) in [6, 6.07) is 0. The third kappa shape index (κ3) is 1.00. The number of aromatic amines is 1. The summed E-state index contributed by atoms with van der Waals surface area (Å²) in [6.07, 6.45) is 0.567. The van der Waals surface area contributed by atoms with Gasteiger partial charge in [0.15, 0.2) is 11.4 Å². The average molecular weight is 195 g/mol. The summed E-state index contributed by atoms with van der Waals surface area (Å²) in [5.41, 5.74) is -0.643. The quantitative estimate of drug-likeness (QED) is 0.681. The Hall–Kier alpha value is -1.85. The second-order valence-corrected chi connectivity index (χ2v) is 2.98. The SMILES string of the molecule is CCc1onc2[nH]c(=O)n(C)c(=O)c12. The number of hydrogen-bond donors (Lipinski definition) is 1. The fourth-order valence-electron chi connectivity index (χ4n) is 1.32. The summed E-state index contributed by atoms with van der Waals surface area (Å²) < 4.78 is 5.92. The van der Waals surface area contributed by atoms with Crippen LogP contribution in [0, 0.1) is 0 Å². The molecule has 74 valence electrons. The van der Waals surface area contributed by atoms with Gasteiger partial charge in [0, 0.05) is 13.5 Å². The molecule has 0 radical (unpaired) electrons. The van der Waals surface area contributed by atoms with Gasteiger partial charge in [0.25, 0.3) is 5.56 Å². The Morgan fingerprint density at radius 3 is 2.86 bits per heavy atom. The highest BCUT2D eigenvalue weighted by Crippen LogP contribution is 2.10. The lowest BCUT2D eigenvalue weighted by molar-refractivity contribution is 0.393. The second-order valence-electron chi connectivity index (χ2n) is 2.98. The molecule has 0 bridgehead atoms. The van der Waals surface area contributed by atoms with Gasteiger partial charge in [-0.3, -0.25) is 14.3 Å². The molecule has 0 aliphatic carbocycles. The Morgan fingerprint density at radius 2 is 2.21 bits per heavy atom. The largest absolute Gasteiger partial charge is 0.358 e. The van der Waals surface area contributed by atoms with Gasteiger partial charge >= 0.3 is 5.69 Å². The monoisotopic (exact) mass is 195 g/mol. The zero-order valence-electron chi connectivity index (χ0n) is 7.83. The molecular formula is C8H9N3O3. The second kappa shape index (κ2) is 2.83. The molecule has 2 aromatic rings.